The van der Waals surface area contributed by atoms with Crippen molar-refractivity contribution in [1.82, 2.24) is 10.2 Å². The summed E-state index contributed by atoms with van der Waals surface area (Å²) in [5.41, 5.74) is 1.26. The number of hydrogen-bond donors (Lipinski definition) is 1. The van der Waals surface area contributed by atoms with Gasteiger partial charge in [0.1, 0.15) is 5.82 Å². The molecule has 0 heterocycles. The number of nitrogens with zero attached hydrogens (tertiary/aromatic N) is 2. The molecule has 4 heteroatoms. The number of benzene rings is 1. The summed E-state index contributed by atoms with van der Waals surface area (Å²) in [7, 11) is 0. The Morgan fingerprint density at radius 3 is 2.74 bits per heavy atom. The molecule has 104 valence electrons. The minimum atomic E-state index is -0.294. The molecule has 0 fully saturated rings. The molecule has 0 saturated carbocycles. The van der Waals surface area contributed by atoms with Crippen LogP contribution in [0.15, 0.2) is 18.2 Å². The van der Waals surface area contributed by atoms with Gasteiger partial charge in [0.15, 0.2) is 0 Å². The third kappa shape index (κ3) is 5.37. The van der Waals surface area contributed by atoms with Gasteiger partial charge >= 0.3 is 0 Å². The van der Waals surface area contributed by atoms with Gasteiger partial charge in [-0.05, 0) is 43.3 Å². The second-order valence-corrected chi connectivity index (χ2v) is 4.52. The van der Waals surface area contributed by atoms with Crippen LogP contribution in [0.2, 0.25) is 0 Å². The molecule has 19 heavy (non-hydrogen) atoms. The third-order valence-electron chi connectivity index (χ3n) is 3.10. The van der Waals surface area contributed by atoms with Crippen LogP contribution in [-0.4, -0.2) is 31.1 Å². The Bertz CT molecular complexity index is 426. The minimum Gasteiger partial charge on any atom is -0.311 e. The van der Waals surface area contributed by atoms with Crippen molar-refractivity contribution < 1.29 is 4.39 Å². The average molecular weight is 263 g/mol. The molecule has 0 aliphatic heterocycles. The van der Waals surface area contributed by atoms with E-state index in [1.807, 2.05) is 0 Å². The molecule has 1 N–H and O–H groups in total. The fourth-order valence-corrected chi connectivity index (χ4v) is 2.02. The summed E-state index contributed by atoms with van der Waals surface area (Å²) in [5.74, 6) is -0.294. The quantitative estimate of drug-likeness (QED) is 0.733. The maximum Gasteiger partial charge on any atom is 0.123 e. The second kappa shape index (κ2) is 8.63. The minimum absolute atomic E-state index is 0.294. The van der Waals surface area contributed by atoms with Gasteiger partial charge in [0.2, 0.25) is 0 Å². The molecule has 0 saturated heterocycles. The maximum absolute atomic E-state index is 13.1. The molecule has 0 aromatic heterocycles. The van der Waals surface area contributed by atoms with E-state index in [1.54, 1.807) is 0 Å². The lowest BCUT2D eigenvalue weighted by Gasteiger charge is -2.19. The van der Waals surface area contributed by atoms with E-state index in [2.05, 4.69) is 30.1 Å². The Labute approximate surface area is 115 Å². The summed E-state index contributed by atoms with van der Waals surface area (Å²) in [6, 6.07) is 6.36. The fraction of sp³-hybridized carbons (Fsp3) is 0.533. The molecular formula is C15H22FN3. The zero-order valence-corrected chi connectivity index (χ0v) is 11.7. The van der Waals surface area contributed by atoms with Crippen molar-refractivity contribution in [3.63, 3.8) is 0 Å². The molecule has 0 radical (unpaired) electrons. The van der Waals surface area contributed by atoms with E-state index < -0.39 is 0 Å². The summed E-state index contributed by atoms with van der Waals surface area (Å²) in [6.45, 7) is 8.81. The first-order valence-electron chi connectivity index (χ1n) is 6.82. The highest BCUT2D eigenvalue weighted by atomic mass is 19.1. The van der Waals surface area contributed by atoms with Gasteiger partial charge in [-0.15, -0.1) is 0 Å². The summed E-state index contributed by atoms with van der Waals surface area (Å²) >= 11 is 0. The van der Waals surface area contributed by atoms with E-state index in [4.69, 9.17) is 5.26 Å². The number of nitriles is 1. The van der Waals surface area contributed by atoms with E-state index in [9.17, 15) is 4.39 Å². The van der Waals surface area contributed by atoms with Crippen molar-refractivity contribution in [2.75, 3.05) is 26.2 Å². The lowest BCUT2D eigenvalue weighted by atomic mass is 10.1. The predicted octanol–water partition coefficient (Wildman–Crippen LogP) is 2.52. The van der Waals surface area contributed by atoms with E-state index in [0.29, 0.717) is 12.1 Å². The number of rotatable bonds is 8. The summed E-state index contributed by atoms with van der Waals surface area (Å²) in [6.07, 6.45) is 1.15. The molecule has 0 unspecified atom stereocenters. The Kier molecular flexibility index (Phi) is 7.09. The van der Waals surface area contributed by atoms with Gasteiger partial charge in [0.05, 0.1) is 11.6 Å². The van der Waals surface area contributed by atoms with Gasteiger partial charge in [-0.2, -0.15) is 5.26 Å². The molecule has 1 aromatic rings. The van der Waals surface area contributed by atoms with Crippen molar-refractivity contribution >= 4 is 0 Å². The van der Waals surface area contributed by atoms with Crippen molar-refractivity contribution in [3.8, 4) is 6.07 Å². The molecule has 0 aliphatic rings. The highest BCUT2D eigenvalue weighted by Crippen LogP contribution is 2.09. The second-order valence-electron chi connectivity index (χ2n) is 4.52. The molecule has 3 nitrogen and oxygen atoms in total. The third-order valence-corrected chi connectivity index (χ3v) is 3.10. The number of halogens is 1. The van der Waals surface area contributed by atoms with Gasteiger partial charge < -0.3 is 10.2 Å². The van der Waals surface area contributed by atoms with Crippen LogP contribution < -0.4 is 5.32 Å². The molecule has 0 bridgehead atoms. The van der Waals surface area contributed by atoms with Gasteiger partial charge in [0.25, 0.3) is 0 Å². The number of nitrogens with one attached hydrogen (secondary N) is 1. The molecule has 1 rings (SSSR count). The Balaban J connectivity index is 2.41. The van der Waals surface area contributed by atoms with Crippen LogP contribution in [0.5, 0.6) is 0 Å². The van der Waals surface area contributed by atoms with Crippen molar-refractivity contribution in [3.05, 3.63) is 35.1 Å². The van der Waals surface area contributed by atoms with Crippen LogP contribution in [0.4, 0.5) is 4.39 Å². The first-order valence-corrected chi connectivity index (χ1v) is 6.82. The van der Waals surface area contributed by atoms with E-state index >= 15 is 0 Å². The highest BCUT2D eigenvalue weighted by Gasteiger charge is 2.04. The predicted molar refractivity (Wildman–Crippen MR) is 75.2 cm³/mol. The van der Waals surface area contributed by atoms with Crippen LogP contribution in [0.25, 0.3) is 0 Å². The van der Waals surface area contributed by atoms with Gasteiger partial charge in [-0.3, -0.25) is 0 Å². The zero-order valence-electron chi connectivity index (χ0n) is 11.7. The lowest BCUT2D eigenvalue weighted by Crippen LogP contribution is -2.32. The average Bonchev–Trinajstić information content (AvgIpc) is 2.42. The lowest BCUT2D eigenvalue weighted by molar-refractivity contribution is 0.287. The molecular weight excluding hydrogens is 241 g/mol. The van der Waals surface area contributed by atoms with Crippen LogP contribution in [0, 0.1) is 17.1 Å². The van der Waals surface area contributed by atoms with E-state index in [-0.39, 0.29) is 5.82 Å². The Morgan fingerprint density at radius 2 is 2.11 bits per heavy atom. The Morgan fingerprint density at radius 1 is 1.32 bits per heavy atom. The van der Waals surface area contributed by atoms with Crippen LogP contribution in [0.1, 0.15) is 31.4 Å². The normalized spacial score (nSPS) is 10.7. The molecule has 0 spiro atoms. The molecule has 1 aromatic carbocycles. The van der Waals surface area contributed by atoms with Crippen molar-refractivity contribution in [2.24, 2.45) is 0 Å². The molecule has 0 aliphatic carbocycles. The molecule has 0 amide bonds. The smallest absolute Gasteiger partial charge is 0.123 e. The van der Waals surface area contributed by atoms with Gasteiger partial charge in [-0.25, -0.2) is 4.39 Å². The van der Waals surface area contributed by atoms with Crippen molar-refractivity contribution in [2.45, 2.75) is 26.8 Å². The monoisotopic (exact) mass is 263 g/mol. The first kappa shape index (κ1) is 15.6. The van der Waals surface area contributed by atoms with Crippen LogP contribution in [0.3, 0.4) is 0 Å². The summed E-state index contributed by atoms with van der Waals surface area (Å²) < 4.78 is 13.1. The van der Waals surface area contributed by atoms with Crippen molar-refractivity contribution in [1.29, 1.82) is 5.26 Å². The van der Waals surface area contributed by atoms with Crippen LogP contribution >= 0.6 is 0 Å². The van der Waals surface area contributed by atoms with E-state index in [1.165, 1.54) is 18.2 Å². The van der Waals surface area contributed by atoms with E-state index in [0.717, 1.165) is 38.2 Å². The summed E-state index contributed by atoms with van der Waals surface area (Å²) in [4.78, 5) is 2.36. The largest absolute Gasteiger partial charge is 0.311 e. The molecule has 0 atom stereocenters. The Hall–Kier alpha value is -1.44. The fourth-order valence-electron chi connectivity index (χ4n) is 2.02. The maximum atomic E-state index is 13.1. The van der Waals surface area contributed by atoms with Gasteiger partial charge in [0, 0.05) is 19.6 Å². The highest BCUT2D eigenvalue weighted by molar-refractivity contribution is 5.37. The van der Waals surface area contributed by atoms with Crippen LogP contribution in [-0.2, 0) is 6.54 Å². The number of likely N-dealkylation sites (N-methyl/N-ethyl adjacent to an activating group) is 1. The topological polar surface area (TPSA) is 39.1 Å². The SMILES string of the molecule is CCCN(CC)CCNCc1cc(F)ccc1C#N. The summed E-state index contributed by atoms with van der Waals surface area (Å²) in [5, 5.41) is 12.2. The van der Waals surface area contributed by atoms with Gasteiger partial charge in [-0.1, -0.05) is 13.8 Å². The zero-order chi connectivity index (χ0) is 14.1. The number of hydrogen-bond acceptors (Lipinski definition) is 3. The first-order chi connectivity index (χ1) is 9.21. The standard InChI is InChI=1S/C15H22FN3/c1-3-8-19(4-2)9-7-18-12-14-10-15(16)6-5-13(14)11-17/h5-6,10,18H,3-4,7-9,12H2,1-2H3.